The minimum atomic E-state index is -0.938. The Morgan fingerprint density at radius 1 is 1.17 bits per heavy atom. The number of rotatable bonds is 2. The van der Waals surface area contributed by atoms with Crippen LogP contribution in [0.5, 0.6) is 0 Å². The summed E-state index contributed by atoms with van der Waals surface area (Å²) in [7, 11) is 0. The van der Waals surface area contributed by atoms with Crippen molar-refractivity contribution in [2.45, 2.75) is 37.7 Å². The molecule has 3 rings (SSSR count). The molecule has 0 radical (unpaired) electrons. The van der Waals surface area contributed by atoms with Crippen LogP contribution in [0.3, 0.4) is 0 Å². The normalized spacial score (nSPS) is 24.2. The maximum atomic E-state index is 10.5. The van der Waals surface area contributed by atoms with Gasteiger partial charge in [0.1, 0.15) is 5.60 Å². The highest BCUT2D eigenvalue weighted by Gasteiger charge is 2.37. The molecule has 0 bridgehead atoms. The first kappa shape index (κ1) is 11.9. The number of piperidine rings is 2. The molecule has 6 nitrogen and oxygen atoms in total. The van der Waals surface area contributed by atoms with E-state index in [4.69, 9.17) is 4.52 Å². The molecule has 2 fully saturated rings. The lowest BCUT2D eigenvalue weighted by molar-refractivity contribution is -0.0228. The van der Waals surface area contributed by atoms with Crippen molar-refractivity contribution in [3.05, 3.63) is 5.89 Å². The quantitative estimate of drug-likeness (QED) is 0.804. The molecule has 2 aliphatic rings. The highest BCUT2D eigenvalue weighted by Crippen LogP contribution is 2.30. The molecule has 0 aromatic carbocycles. The first-order chi connectivity index (χ1) is 8.78. The van der Waals surface area contributed by atoms with Gasteiger partial charge in [-0.3, -0.25) is 0 Å². The Hall–Kier alpha value is -1.14. The van der Waals surface area contributed by atoms with E-state index >= 15 is 0 Å². The Bertz CT molecular complexity index is 395. The average molecular weight is 252 g/mol. The van der Waals surface area contributed by atoms with Crippen LogP contribution < -0.4 is 10.2 Å². The molecule has 100 valence electrons. The number of aliphatic hydroxyl groups is 1. The lowest BCUT2D eigenvalue weighted by atomic mass is 9.92. The molecular weight excluding hydrogens is 232 g/mol. The van der Waals surface area contributed by atoms with Crippen molar-refractivity contribution in [1.82, 2.24) is 15.5 Å². The summed E-state index contributed by atoms with van der Waals surface area (Å²) in [6.07, 6.45) is 4.90. The summed E-state index contributed by atoms with van der Waals surface area (Å²) in [5.41, 5.74) is -0.938. The van der Waals surface area contributed by atoms with Crippen LogP contribution in [0.1, 0.15) is 38.0 Å². The monoisotopic (exact) mass is 252 g/mol. The Morgan fingerprint density at radius 3 is 2.61 bits per heavy atom. The third-order valence-corrected chi connectivity index (χ3v) is 3.88. The molecule has 0 amide bonds. The van der Waals surface area contributed by atoms with Crippen LogP contribution in [0.15, 0.2) is 4.52 Å². The topological polar surface area (TPSA) is 74.4 Å². The van der Waals surface area contributed by atoms with Gasteiger partial charge in [-0.25, -0.2) is 0 Å². The van der Waals surface area contributed by atoms with E-state index in [0.29, 0.717) is 24.7 Å². The molecular formula is C12H20N4O2. The van der Waals surface area contributed by atoms with Crippen LogP contribution in [-0.2, 0) is 5.60 Å². The molecule has 18 heavy (non-hydrogen) atoms. The molecule has 0 unspecified atom stereocenters. The fraction of sp³-hybridized carbons (Fsp3) is 0.833. The lowest BCUT2D eigenvalue weighted by Gasteiger charge is -2.28. The minimum Gasteiger partial charge on any atom is -0.380 e. The van der Waals surface area contributed by atoms with Crippen LogP contribution in [0.2, 0.25) is 0 Å². The van der Waals surface area contributed by atoms with E-state index in [1.165, 1.54) is 19.3 Å². The van der Waals surface area contributed by atoms with Crippen LogP contribution in [0.4, 0.5) is 5.95 Å². The van der Waals surface area contributed by atoms with Gasteiger partial charge in [-0.1, -0.05) is 0 Å². The van der Waals surface area contributed by atoms with E-state index < -0.39 is 5.60 Å². The Labute approximate surface area is 106 Å². The predicted molar refractivity (Wildman–Crippen MR) is 66.4 cm³/mol. The highest BCUT2D eigenvalue weighted by atomic mass is 16.5. The van der Waals surface area contributed by atoms with Crippen LogP contribution in [0.25, 0.3) is 0 Å². The van der Waals surface area contributed by atoms with Gasteiger partial charge in [0.25, 0.3) is 11.8 Å². The van der Waals surface area contributed by atoms with Gasteiger partial charge < -0.3 is 19.8 Å². The highest BCUT2D eigenvalue weighted by molar-refractivity contribution is 5.29. The first-order valence-electron chi connectivity index (χ1n) is 6.80. The molecule has 0 saturated carbocycles. The zero-order valence-electron chi connectivity index (χ0n) is 10.6. The fourth-order valence-electron chi connectivity index (χ4n) is 2.68. The summed E-state index contributed by atoms with van der Waals surface area (Å²) >= 11 is 0. The largest absolute Gasteiger partial charge is 0.380 e. The lowest BCUT2D eigenvalue weighted by Crippen LogP contribution is -2.40. The molecule has 3 heterocycles. The van der Waals surface area contributed by atoms with Crippen LogP contribution >= 0.6 is 0 Å². The second-order valence-electron chi connectivity index (χ2n) is 5.23. The number of anilines is 1. The van der Waals surface area contributed by atoms with Gasteiger partial charge in [0.15, 0.2) is 0 Å². The van der Waals surface area contributed by atoms with Crippen molar-refractivity contribution in [3.63, 3.8) is 0 Å². The first-order valence-corrected chi connectivity index (χ1v) is 6.80. The standard InChI is InChI=1S/C12H20N4O2/c17-12(4-6-13-7-5-12)10-14-11(15-18-10)16-8-2-1-3-9-16/h13,17H,1-9H2. The molecule has 2 N–H and O–H groups in total. The van der Waals surface area contributed by atoms with E-state index in [-0.39, 0.29) is 0 Å². The van der Waals surface area contributed by atoms with Crippen LogP contribution in [0, 0.1) is 0 Å². The predicted octanol–water partition coefficient (Wildman–Crippen LogP) is 0.631. The second kappa shape index (κ2) is 4.85. The number of hydrogen-bond donors (Lipinski definition) is 2. The van der Waals surface area contributed by atoms with E-state index in [2.05, 4.69) is 20.4 Å². The van der Waals surface area contributed by atoms with E-state index in [9.17, 15) is 5.11 Å². The molecule has 1 aromatic rings. The summed E-state index contributed by atoms with van der Waals surface area (Å²) in [6, 6.07) is 0. The van der Waals surface area contributed by atoms with Gasteiger partial charge in [-0.05, 0) is 50.4 Å². The van der Waals surface area contributed by atoms with Crippen molar-refractivity contribution in [3.8, 4) is 0 Å². The number of hydrogen-bond acceptors (Lipinski definition) is 6. The minimum absolute atomic E-state index is 0.379. The average Bonchev–Trinajstić information content (AvgIpc) is 2.91. The number of nitrogens with zero attached hydrogens (tertiary/aromatic N) is 3. The van der Waals surface area contributed by atoms with Gasteiger partial charge in [-0.2, -0.15) is 4.98 Å². The fourth-order valence-corrected chi connectivity index (χ4v) is 2.68. The van der Waals surface area contributed by atoms with Gasteiger partial charge in [0.05, 0.1) is 0 Å². The van der Waals surface area contributed by atoms with Crippen molar-refractivity contribution in [2.24, 2.45) is 0 Å². The molecule has 2 saturated heterocycles. The van der Waals surface area contributed by atoms with E-state index in [1.54, 1.807) is 0 Å². The Balaban J connectivity index is 1.75. The van der Waals surface area contributed by atoms with Gasteiger partial charge in [0, 0.05) is 13.1 Å². The van der Waals surface area contributed by atoms with Crippen molar-refractivity contribution in [2.75, 3.05) is 31.1 Å². The van der Waals surface area contributed by atoms with Crippen LogP contribution in [-0.4, -0.2) is 41.4 Å². The SMILES string of the molecule is OC1(c2nc(N3CCCCC3)no2)CCNCC1. The van der Waals surface area contributed by atoms with Crippen molar-refractivity contribution >= 4 is 5.95 Å². The maximum Gasteiger partial charge on any atom is 0.266 e. The zero-order chi connectivity index (χ0) is 12.4. The maximum absolute atomic E-state index is 10.5. The summed E-state index contributed by atoms with van der Waals surface area (Å²) in [6.45, 7) is 3.55. The summed E-state index contributed by atoms with van der Waals surface area (Å²) < 4.78 is 5.28. The van der Waals surface area contributed by atoms with Crippen molar-refractivity contribution in [1.29, 1.82) is 0 Å². The van der Waals surface area contributed by atoms with Gasteiger partial charge in [0.2, 0.25) is 0 Å². The van der Waals surface area contributed by atoms with E-state index in [1.807, 2.05) is 0 Å². The molecule has 6 heteroatoms. The molecule has 2 aliphatic heterocycles. The van der Waals surface area contributed by atoms with E-state index in [0.717, 1.165) is 26.2 Å². The molecule has 0 spiro atoms. The number of nitrogens with one attached hydrogen (secondary N) is 1. The number of aromatic nitrogens is 2. The van der Waals surface area contributed by atoms with Gasteiger partial charge >= 0.3 is 0 Å². The third kappa shape index (κ3) is 2.22. The summed E-state index contributed by atoms with van der Waals surface area (Å²) in [4.78, 5) is 6.54. The van der Waals surface area contributed by atoms with Crippen molar-refractivity contribution < 1.29 is 9.63 Å². The smallest absolute Gasteiger partial charge is 0.266 e. The Kier molecular flexibility index (Phi) is 3.22. The zero-order valence-corrected chi connectivity index (χ0v) is 10.6. The Morgan fingerprint density at radius 2 is 1.89 bits per heavy atom. The molecule has 0 atom stereocenters. The molecule has 0 aliphatic carbocycles. The summed E-state index contributed by atoms with van der Waals surface area (Å²) in [5, 5.41) is 17.7. The molecule has 1 aromatic heterocycles. The second-order valence-corrected chi connectivity index (χ2v) is 5.23. The third-order valence-electron chi connectivity index (χ3n) is 3.88. The van der Waals surface area contributed by atoms with Gasteiger partial charge in [-0.15, -0.1) is 0 Å². The summed E-state index contributed by atoms with van der Waals surface area (Å²) in [5.74, 6) is 1.02.